The fourth-order valence-electron chi connectivity index (χ4n) is 1.49. The van der Waals surface area contributed by atoms with Crippen molar-refractivity contribution in [2.75, 3.05) is 0 Å². The van der Waals surface area contributed by atoms with Gasteiger partial charge in [0, 0.05) is 9.75 Å². The first-order chi connectivity index (χ1) is 5.25. The summed E-state index contributed by atoms with van der Waals surface area (Å²) in [5.74, 6) is 0.656. The van der Waals surface area contributed by atoms with Crippen molar-refractivity contribution in [2.45, 2.75) is 31.8 Å². The number of thiophene rings is 1. The zero-order valence-electron chi connectivity index (χ0n) is 6.58. The summed E-state index contributed by atoms with van der Waals surface area (Å²) in [7, 11) is 0. The average Bonchev–Trinajstić information content (AvgIpc) is 2.29. The van der Waals surface area contributed by atoms with Crippen LogP contribution in [-0.4, -0.2) is 11.2 Å². The molecule has 1 aliphatic carbocycles. The maximum Gasteiger partial charge on any atom is 0.0552 e. The van der Waals surface area contributed by atoms with Gasteiger partial charge in [-0.1, -0.05) is 0 Å². The molecule has 1 aliphatic rings. The number of hydrogen-bond donors (Lipinski definition) is 1. The molecule has 1 aromatic rings. The van der Waals surface area contributed by atoms with Crippen molar-refractivity contribution in [2.24, 2.45) is 0 Å². The topological polar surface area (TPSA) is 20.2 Å². The molecule has 0 bridgehead atoms. The molecular weight excluding hydrogens is 156 g/mol. The lowest BCUT2D eigenvalue weighted by Crippen LogP contribution is -2.25. The van der Waals surface area contributed by atoms with E-state index in [4.69, 9.17) is 5.11 Å². The van der Waals surface area contributed by atoms with Crippen LogP contribution >= 0.6 is 11.3 Å². The molecule has 2 heteroatoms. The Morgan fingerprint density at radius 1 is 1.45 bits per heavy atom. The summed E-state index contributed by atoms with van der Waals surface area (Å²) in [6.45, 7) is 2.13. The van der Waals surface area contributed by atoms with Gasteiger partial charge in [-0.05, 0) is 37.8 Å². The fourth-order valence-corrected chi connectivity index (χ4v) is 2.50. The average molecular weight is 168 g/mol. The maximum atomic E-state index is 9.09. The van der Waals surface area contributed by atoms with E-state index in [0.717, 1.165) is 12.8 Å². The van der Waals surface area contributed by atoms with Gasteiger partial charge in [-0.25, -0.2) is 0 Å². The summed E-state index contributed by atoms with van der Waals surface area (Å²) in [5, 5.41) is 9.09. The zero-order valence-corrected chi connectivity index (χ0v) is 7.40. The molecule has 1 aromatic heterocycles. The van der Waals surface area contributed by atoms with Gasteiger partial charge < -0.3 is 5.11 Å². The number of hydrogen-bond acceptors (Lipinski definition) is 2. The van der Waals surface area contributed by atoms with E-state index in [1.807, 2.05) is 11.3 Å². The molecule has 2 rings (SSSR count). The Hall–Kier alpha value is -0.340. The highest BCUT2D eigenvalue weighted by atomic mass is 32.1. The van der Waals surface area contributed by atoms with Crippen LogP contribution in [0.25, 0.3) is 0 Å². The highest BCUT2D eigenvalue weighted by Gasteiger charge is 2.29. The predicted octanol–water partition coefficient (Wildman–Crippen LogP) is 2.29. The summed E-state index contributed by atoms with van der Waals surface area (Å²) >= 11 is 1.86. The quantitative estimate of drug-likeness (QED) is 0.682. The van der Waals surface area contributed by atoms with Crippen molar-refractivity contribution in [3.63, 3.8) is 0 Å². The van der Waals surface area contributed by atoms with Crippen molar-refractivity contribution in [1.29, 1.82) is 0 Å². The Bertz CT molecular complexity index is 248. The van der Waals surface area contributed by atoms with Gasteiger partial charge >= 0.3 is 0 Å². The summed E-state index contributed by atoms with van der Waals surface area (Å²) in [4.78, 5) is 2.83. The van der Waals surface area contributed by atoms with E-state index >= 15 is 0 Å². The van der Waals surface area contributed by atoms with Crippen LogP contribution in [0.3, 0.4) is 0 Å². The molecule has 1 heterocycles. The first-order valence-electron chi connectivity index (χ1n) is 4.00. The lowest BCUT2D eigenvalue weighted by atomic mass is 9.81. The molecule has 1 fully saturated rings. The van der Waals surface area contributed by atoms with Crippen molar-refractivity contribution in [3.8, 4) is 0 Å². The van der Waals surface area contributed by atoms with Gasteiger partial charge in [0.25, 0.3) is 0 Å². The minimum absolute atomic E-state index is 0.0255. The van der Waals surface area contributed by atoms with Crippen LogP contribution in [-0.2, 0) is 0 Å². The molecule has 0 amide bonds. The van der Waals surface area contributed by atoms with Gasteiger partial charge in [0.1, 0.15) is 0 Å². The van der Waals surface area contributed by atoms with Gasteiger partial charge in [-0.15, -0.1) is 11.3 Å². The summed E-state index contributed by atoms with van der Waals surface area (Å²) in [5.41, 5.74) is 0. The van der Waals surface area contributed by atoms with Crippen molar-refractivity contribution >= 4 is 11.3 Å². The van der Waals surface area contributed by atoms with E-state index in [1.165, 1.54) is 9.75 Å². The maximum absolute atomic E-state index is 9.09. The molecule has 0 aromatic carbocycles. The minimum atomic E-state index is -0.0255. The van der Waals surface area contributed by atoms with E-state index in [2.05, 4.69) is 19.1 Å². The van der Waals surface area contributed by atoms with Crippen LogP contribution in [0.5, 0.6) is 0 Å². The highest BCUT2D eigenvalue weighted by Crippen LogP contribution is 2.39. The molecule has 0 spiro atoms. The first-order valence-corrected chi connectivity index (χ1v) is 4.82. The smallest absolute Gasteiger partial charge is 0.0552 e. The lowest BCUT2D eigenvalue weighted by Gasteiger charge is -2.30. The van der Waals surface area contributed by atoms with E-state index in [1.54, 1.807) is 0 Å². The molecular formula is C9H12OS. The zero-order chi connectivity index (χ0) is 7.84. The predicted molar refractivity (Wildman–Crippen MR) is 47.0 cm³/mol. The molecule has 0 aliphatic heterocycles. The van der Waals surface area contributed by atoms with Gasteiger partial charge in [-0.2, -0.15) is 0 Å². The van der Waals surface area contributed by atoms with E-state index < -0.39 is 0 Å². The van der Waals surface area contributed by atoms with Gasteiger partial charge in [0.05, 0.1) is 6.10 Å². The number of aliphatic hydroxyl groups is 1. The molecule has 11 heavy (non-hydrogen) atoms. The molecule has 0 saturated heterocycles. The normalized spacial score (nSPS) is 30.0. The van der Waals surface area contributed by atoms with E-state index in [0.29, 0.717) is 5.92 Å². The van der Waals surface area contributed by atoms with Crippen molar-refractivity contribution < 1.29 is 5.11 Å². The third-order valence-electron chi connectivity index (χ3n) is 2.28. The fraction of sp³-hybridized carbons (Fsp3) is 0.556. The van der Waals surface area contributed by atoms with Crippen molar-refractivity contribution in [1.82, 2.24) is 0 Å². The number of aryl methyl sites for hydroxylation is 1. The Balaban J connectivity index is 2.07. The van der Waals surface area contributed by atoms with E-state index in [-0.39, 0.29) is 6.10 Å². The van der Waals surface area contributed by atoms with Gasteiger partial charge in [-0.3, -0.25) is 0 Å². The SMILES string of the molecule is Cc1ccc(C2CC(O)C2)s1. The molecule has 1 saturated carbocycles. The van der Waals surface area contributed by atoms with Gasteiger partial charge in [0.15, 0.2) is 0 Å². The summed E-state index contributed by atoms with van der Waals surface area (Å²) in [6.07, 6.45) is 1.92. The standard InChI is InChI=1S/C9H12OS/c1-6-2-3-9(11-6)7-4-8(10)5-7/h2-3,7-8,10H,4-5H2,1H3. The molecule has 0 atom stereocenters. The van der Waals surface area contributed by atoms with Crippen LogP contribution in [0.4, 0.5) is 0 Å². The van der Waals surface area contributed by atoms with Gasteiger partial charge in [0.2, 0.25) is 0 Å². The third kappa shape index (κ3) is 1.33. The molecule has 1 nitrogen and oxygen atoms in total. The van der Waals surface area contributed by atoms with Crippen LogP contribution in [0.15, 0.2) is 12.1 Å². The van der Waals surface area contributed by atoms with E-state index in [9.17, 15) is 0 Å². The van der Waals surface area contributed by atoms with Crippen LogP contribution < -0.4 is 0 Å². The third-order valence-corrected chi connectivity index (χ3v) is 3.44. The number of rotatable bonds is 1. The van der Waals surface area contributed by atoms with Crippen LogP contribution in [0, 0.1) is 6.92 Å². The van der Waals surface area contributed by atoms with Crippen molar-refractivity contribution in [3.05, 3.63) is 21.9 Å². The summed E-state index contributed by atoms with van der Waals surface area (Å²) in [6, 6.07) is 4.35. The monoisotopic (exact) mass is 168 g/mol. The minimum Gasteiger partial charge on any atom is -0.393 e. The Labute approximate surface area is 70.7 Å². The second-order valence-corrected chi connectivity index (χ2v) is 4.59. The van der Waals surface area contributed by atoms with Crippen LogP contribution in [0.1, 0.15) is 28.5 Å². The van der Waals surface area contributed by atoms with Crippen LogP contribution in [0.2, 0.25) is 0 Å². The first kappa shape index (κ1) is 7.32. The lowest BCUT2D eigenvalue weighted by molar-refractivity contribution is 0.0758. The number of aliphatic hydroxyl groups excluding tert-OH is 1. The Morgan fingerprint density at radius 2 is 2.18 bits per heavy atom. The largest absolute Gasteiger partial charge is 0.393 e. The molecule has 0 unspecified atom stereocenters. The summed E-state index contributed by atoms with van der Waals surface area (Å²) < 4.78 is 0. The highest BCUT2D eigenvalue weighted by molar-refractivity contribution is 7.12. The second kappa shape index (κ2) is 2.61. The second-order valence-electron chi connectivity index (χ2n) is 3.27. The Morgan fingerprint density at radius 3 is 2.64 bits per heavy atom. The molecule has 0 radical (unpaired) electrons. The molecule has 60 valence electrons. The Kier molecular flexibility index (Phi) is 1.74. The molecule has 1 N–H and O–H groups in total.